The van der Waals surface area contributed by atoms with Gasteiger partial charge in [-0.2, -0.15) is 5.10 Å². The van der Waals surface area contributed by atoms with Crippen molar-refractivity contribution in [1.29, 1.82) is 0 Å². The number of benzene rings is 1. The third kappa shape index (κ3) is 4.24. The number of piperidine rings is 1. The van der Waals surface area contributed by atoms with E-state index < -0.39 is 0 Å². The molecule has 3 rings (SSSR count). The summed E-state index contributed by atoms with van der Waals surface area (Å²) >= 11 is 0. The predicted molar refractivity (Wildman–Crippen MR) is 103 cm³/mol. The van der Waals surface area contributed by atoms with Crippen LogP contribution in [0.1, 0.15) is 49.2 Å². The summed E-state index contributed by atoms with van der Waals surface area (Å²) in [7, 11) is 0. The highest BCUT2D eigenvalue weighted by Gasteiger charge is 2.31. The Balaban J connectivity index is 1.85. The summed E-state index contributed by atoms with van der Waals surface area (Å²) in [5.41, 5.74) is 2.06. The number of likely N-dealkylation sites (tertiary alicyclic amines) is 1. The molecule has 0 radical (unpaired) electrons. The summed E-state index contributed by atoms with van der Waals surface area (Å²) in [6.45, 7) is 5.14. The van der Waals surface area contributed by atoms with E-state index in [-0.39, 0.29) is 23.6 Å². The number of esters is 1. The van der Waals surface area contributed by atoms with Crippen LogP contribution >= 0.6 is 0 Å². The molecule has 0 bridgehead atoms. The smallest absolute Gasteiger partial charge is 0.310 e. The molecule has 1 atom stereocenters. The van der Waals surface area contributed by atoms with E-state index in [2.05, 4.69) is 5.10 Å². The lowest BCUT2D eigenvalue weighted by atomic mass is 9.97. The van der Waals surface area contributed by atoms with Crippen LogP contribution < -0.4 is 0 Å². The van der Waals surface area contributed by atoms with Crippen molar-refractivity contribution in [1.82, 2.24) is 14.7 Å². The Morgan fingerprint density at radius 3 is 2.68 bits per heavy atom. The van der Waals surface area contributed by atoms with Gasteiger partial charge in [-0.05, 0) is 50.5 Å². The molecule has 150 valence electrons. The van der Waals surface area contributed by atoms with Crippen LogP contribution in [0, 0.1) is 11.7 Å². The van der Waals surface area contributed by atoms with E-state index in [1.54, 1.807) is 34.8 Å². The average Bonchev–Trinajstić information content (AvgIpc) is 3.12. The van der Waals surface area contributed by atoms with E-state index in [1.165, 1.54) is 12.1 Å². The number of aromatic nitrogens is 2. The van der Waals surface area contributed by atoms with Gasteiger partial charge in [-0.1, -0.05) is 13.3 Å². The predicted octanol–water partition coefficient (Wildman–Crippen LogP) is 3.38. The maximum atomic E-state index is 13.3. The van der Waals surface area contributed by atoms with Crippen molar-refractivity contribution < 1.29 is 18.7 Å². The average molecular weight is 387 g/mol. The van der Waals surface area contributed by atoms with Crippen LogP contribution in [0.15, 0.2) is 30.5 Å². The minimum Gasteiger partial charge on any atom is -0.466 e. The van der Waals surface area contributed by atoms with Gasteiger partial charge in [0.05, 0.1) is 35.7 Å². The van der Waals surface area contributed by atoms with Gasteiger partial charge in [-0.15, -0.1) is 0 Å². The fourth-order valence-electron chi connectivity index (χ4n) is 3.62. The maximum absolute atomic E-state index is 13.3. The van der Waals surface area contributed by atoms with Crippen molar-refractivity contribution in [2.75, 3.05) is 19.7 Å². The molecule has 1 aliphatic rings. The zero-order valence-corrected chi connectivity index (χ0v) is 16.4. The third-order valence-corrected chi connectivity index (χ3v) is 4.99. The number of halogens is 1. The minimum absolute atomic E-state index is 0.120. The summed E-state index contributed by atoms with van der Waals surface area (Å²) in [5, 5.41) is 4.39. The van der Waals surface area contributed by atoms with E-state index in [9.17, 15) is 14.0 Å². The lowest BCUT2D eigenvalue weighted by molar-refractivity contribution is -0.149. The van der Waals surface area contributed by atoms with E-state index in [0.717, 1.165) is 25.0 Å². The topological polar surface area (TPSA) is 64.4 Å². The van der Waals surface area contributed by atoms with Gasteiger partial charge in [-0.3, -0.25) is 9.59 Å². The fraction of sp³-hybridized carbons (Fsp3) is 0.476. The number of amides is 1. The molecule has 0 N–H and O–H groups in total. The van der Waals surface area contributed by atoms with Crippen LogP contribution in [-0.2, 0) is 16.0 Å². The summed E-state index contributed by atoms with van der Waals surface area (Å²) in [6, 6.07) is 6.05. The number of carbonyl (C=O) groups excluding carboxylic acids is 2. The highest BCUT2D eigenvalue weighted by atomic mass is 19.1. The first kappa shape index (κ1) is 20.0. The molecule has 2 heterocycles. The van der Waals surface area contributed by atoms with Crippen LogP contribution in [0.5, 0.6) is 0 Å². The number of ether oxygens (including phenoxy) is 1. The molecule has 1 unspecified atom stereocenters. The minimum atomic E-state index is -0.317. The molecule has 1 saturated heterocycles. The molecule has 7 heteroatoms. The van der Waals surface area contributed by atoms with Crippen LogP contribution in [-0.4, -0.2) is 46.3 Å². The van der Waals surface area contributed by atoms with Crippen molar-refractivity contribution in [2.45, 2.75) is 39.5 Å². The van der Waals surface area contributed by atoms with Crippen molar-refractivity contribution >= 4 is 11.9 Å². The number of rotatable bonds is 6. The molecule has 0 spiro atoms. The molecule has 1 fully saturated rings. The van der Waals surface area contributed by atoms with E-state index in [1.807, 2.05) is 6.92 Å². The van der Waals surface area contributed by atoms with Gasteiger partial charge in [0.25, 0.3) is 5.91 Å². The standard InChI is InChI=1S/C21H26FN3O3/c1-3-6-19-18(13-23-25(19)17-10-8-16(22)9-11-17)20(26)24-12-5-7-15(14-24)21(27)28-4-2/h8-11,13,15H,3-7,12,14H2,1-2H3. The van der Waals surface area contributed by atoms with Crippen LogP contribution in [0.2, 0.25) is 0 Å². The highest BCUT2D eigenvalue weighted by Crippen LogP contribution is 2.23. The second-order valence-corrected chi connectivity index (χ2v) is 6.99. The number of carbonyl (C=O) groups is 2. The van der Waals surface area contributed by atoms with Gasteiger partial charge >= 0.3 is 5.97 Å². The van der Waals surface area contributed by atoms with Crippen molar-refractivity contribution in [3.05, 3.63) is 47.5 Å². The largest absolute Gasteiger partial charge is 0.466 e. The van der Waals surface area contributed by atoms with E-state index >= 15 is 0 Å². The molecule has 1 aromatic heterocycles. The van der Waals surface area contributed by atoms with Crippen LogP contribution in [0.3, 0.4) is 0 Å². The summed E-state index contributed by atoms with van der Waals surface area (Å²) in [5.74, 6) is -0.955. The zero-order chi connectivity index (χ0) is 20.1. The summed E-state index contributed by atoms with van der Waals surface area (Å²) < 4.78 is 20.1. The molecule has 1 amide bonds. The zero-order valence-electron chi connectivity index (χ0n) is 16.4. The first-order valence-corrected chi connectivity index (χ1v) is 9.83. The third-order valence-electron chi connectivity index (χ3n) is 4.99. The number of hydrogen-bond acceptors (Lipinski definition) is 4. The SMILES string of the molecule is CCCc1c(C(=O)N2CCCC(C(=O)OCC)C2)cnn1-c1ccc(F)cc1. The fourth-order valence-corrected chi connectivity index (χ4v) is 3.62. The summed E-state index contributed by atoms with van der Waals surface area (Å²) in [6.07, 6.45) is 4.60. The van der Waals surface area contributed by atoms with Crippen molar-refractivity contribution in [3.63, 3.8) is 0 Å². The first-order chi connectivity index (χ1) is 13.5. The van der Waals surface area contributed by atoms with Gasteiger partial charge in [0, 0.05) is 13.1 Å². The second-order valence-electron chi connectivity index (χ2n) is 6.99. The lowest BCUT2D eigenvalue weighted by Gasteiger charge is -2.31. The Kier molecular flexibility index (Phi) is 6.44. The van der Waals surface area contributed by atoms with Crippen molar-refractivity contribution in [3.8, 4) is 5.69 Å². The highest BCUT2D eigenvalue weighted by molar-refractivity contribution is 5.95. The quantitative estimate of drug-likeness (QED) is 0.713. The Hall–Kier alpha value is -2.70. The molecule has 2 aromatic rings. The summed E-state index contributed by atoms with van der Waals surface area (Å²) in [4.78, 5) is 27.0. The van der Waals surface area contributed by atoms with Crippen LogP contribution in [0.4, 0.5) is 4.39 Å². The Morgan fingerprint density at radius 1 is 1.25 bits per heavy atom. The Labute approximate surface area is 164 Å². The molecule has 0 saturated carbocycles. The second kappa shape index (κ2) is 8.99. The molecule has 6 nitrogen and oxygen atoms in total. The molecular formula is C21H26FN3O3. The van der Waals surface area contributed by atoms with Gasteiger partial charge in [0.15, 0.2) is 0 Å². The monoisotopic (exact) mass is 387 g/mol. The Morgan fingerprint density at radius 2 is 2.00 bits per heavy atom. The van der Waals surface area contributed by atoms with Crippen LogP contribution in [0.25, 0.3) is 5.69 Å². The van der Waals surface area contributed by atoms with Gasteiger partial charge in [-0.25, -0.2) is 9.07 Å². The van der Waals surface area contributed by atoms with Gasteiger partial charge < -0.3 is 9.64 Å². The maximum Gasteiger partial charge on any atom is 0.310 e. The van der Waals surface area contributed by atoms with E-state index in [0.29, 0.717) is 37.4 Å². The molecule has 28 heavy (non-hydrogen) atoms. The molecule has 1 aliphatic heterocycles. The van der Waals surface area contributed by atoms with Gasteiger partial charge in [0.2, 0.25) is 0 Å². The van der Waals surface area contributed by atoms with Crippen molar-refractivity contribution in [2.24, 2.45) is 5.92 Å². The lowest BCUT2D eigenvalue weighted by Crippen LogP contribution is -2.43. The first-order valence-electron chi connectivity index (χ1n) is 9.83. The Bertz CT molecular complexity index is 832. The molecule has 0 aliphatic carbocycles. The van der Waals surface area contributed by atoms with Gasteiger partial charge in [0.1, 0.15) is 5.82 Å². The van der Waals surface area contributed by atoms with E-state index in [4.69, 9.17) is 4.74 Å². The number of hydrogen-bond donors (Lipinski definition) is 0. The number of nitrogens with zero attached hydrogens (tertiary/aromatic N) is 3. The molecular weight excluding hydrogens is 361 g/mol. The normalized spacial score (nSPS) is 16.8. The molecule has 1 aromatic carbocycles.